The lowest BCUT2D eigenvalue weighted by Gasteiger charge is -2.38. The second kappa shape index (κ2) is 9.02. The summed E-state index contributed by atoms with van der Waals surface area (Å²) in [5.74, 6) is -2.64. The summed E-state index contributed by atoms with van der Waals surface area (Å²) in [6.45, 7) is 11.4. The second-order valence-electron chi connectivity index (χ2n) is 5.02. The zero-order chi connectivity index (χ0) is 17.3. The molecule has 1 N–H and O–H groups in total. The van der Waals surface area contributed by atoms with Gasteiger partial charge < -0.3 is 14.6 Å². The molecule has 0 saturated heterocycles. The summed E-state index contributed by atoms with van der Waals surface area (Å²) < 4.78 is 10.2. The molecule has 0 heterocycles. The molecule has 6 heteroatoms. The Balaban J connectivity index is 5.61. The monoisotopic (exact) mass is 312 g/mol. The van der Waals surface area contributed by atoms with E-state index >= 15 is 0 Å². The van der Waals surface area contributed by atoms with Crippen molar-refractivity contribution >= 4 is 17.9 Å². The van der Waals surface area contributed by atoms with Gasteiger partial charge in [-0.2, -0.15) is 0 Å². The van der Waals surface area contributed by atoms with Crippen LogP contribution in [0, 0.1) is 5.41 Å². The van der Waals surface area contributed by atoms with Crippen LogP contribution in [0.4, 0.5) is 0 Å². The van der Waals surface area contributed by atoms with Crippen molar-refractivity contribution in [3.05, 3.63) is 25.3 Å². The topological polar surface area (TPSA) is 89.9 Å². The lowest BCUT2D eigenvalue weighted by Crippen LogP contribution is -2.52. The summed E-state index contributed by atoms with van der Waals surface area (Å²) in [7, 11) is 0. The van der Waals surface area contributed by atoms with Crippen LogP contribution in [-0.4, -0.2) is 35.2 Å². The molecule has 0 aromatic heterocycles. The fourth-order valence-corrected chi connectivity index (χ4v) is 2.32. The molecule has 22 heavy (non-hydrogen) atoms. The van der Waals surface area contributed by atoms with E-state index in [1.807, 2.05) is 6.92 Å². The first-order valence-corrected chi connectivity index (χ1v) is 7.15. The van der Waals surface area contributed by atoms with Crippen LogP contribution in [0.2, 0.25) is 0 Å². The van der Waals surface area contributed by atoms with E-state index in [2.05, 4.69) is 13.2 Å². The number of rotatable bonds is 10. The van der Waals surface area contributed by atoms with Gasteiger partial charge in [0.05, 0.1) is 0 Å². The second-order valence-corrected chi connectivity index (χ2v) is 5.02. The molecule has 0 radical (unpaired) electrons. The Kier molecular flexibility index (Phi) is 8.15. The first-order valence-electron chi connectivity index (χ1n) is 7.15. The van der Waals surface area contributed by atoms with Gasteiger partial charge in [0.2, 0.25) is 0 Å². The van der Waals surface area contributed by atoms with Crippen LogP contribution in [0.3, 0.4) is 0 Å². The number of carbonyl (C=O) groups excluding carboxylic acids is 2. The zero-order valence-corrected chi connectivity index (χ0v) is 13.3. The van der Waals surface area contributed by atoms with Crippen molar-refractivity contribution in [1.29, 1.82) is 0 Å². The quantitative estimate of drug-likeness (QED) is 0.492. The molecule has 0 aromatic carbocycles. The smallest absolute Gasteiger partial charge is 0.330 e. The Hall–Kier alpha value is -2.11. The number of carbonyl (C=O) groups is 3. The van der Waals surface area contributed by atoms with Gasteiger partial charge in [0.25, 0.3) is 0 Å². The van der Waals surface area contributed by atoms with Crippen LogP contribution in [-0.2, 0) is 23.9 Å². The molecule has 0 amide bonds. The van der Waals surface area contributed by atoms with Crippen molar-refractivity contribution in [3.63, 3.8) is 0 Å². The number of ether oxygens (including phenoxy) is 2. The van der Waals surface area contributed by atoms with E-state index in [0.717, 1.165) is 18.6 Å². The van der Waals surface area contributed by atoms with Gasteiger partial charge in [-0.3, -0.25) is 4.79 Å². The predicted molar refractivity (Wildman–Crippen MR) is 81.1 cm³/mol. The Bertz CT molecular complexity index is 412. The van der Waals surface area contributed by atoms with Crippen LogP contribution in [0.1, 0.15) is 40.0 Å². The Labute approximate surface area is 130 Å². The largest absolute Gasteiger partial charge is 0.481 e. The number of carboxylic acid groups (broad SMARTS) is 1. The number of esters is 2. The van der Waals surface area contributed by atoms with Gasteiger partial charge in [-0.05, 0) is 20.3 Å². The van der Waals surface area contributed by atoms with Crippen molar-refractivity contribution < 1.29 is 29.0 Å². The summed E-state index contributed by atoms with van der Waals surface area (Å²) in [5, 5.41) is 9.73. The molecule has 0 rings (SSSR count). The van der Waals surface area contributed by atoms with Gasteiger partial charge in [-0.25, -0.2) is 9.59 Å². The maximum atomic E-state index is 11.9. The molecule has 0 fully saturated rings. The van der Waals surface area contributed by atoms with Crippen molar-refractivity contribution in [1.82, 2.24) is 0 Å². The standard InChI is InChI=1S/C16H24O6/c1-6-9-10-16(15(19)20,11(4)21-13(17)7-2)12(5)22-14(18)8-3/h7-8,11-12H,2-3,6,9-10H2,1,4-5H3,(H,19,20). The third-order valence-electron chi connectivity index (χ3n) is 3.71. The highest BCUT2D eigenvalue weighted by Crippen LogP contribution is 2.37. The molecule has 124 valence electrons. The fraction of sp³-hybridized carbons (Fsp3) is 0.562. The molecule has 0 aliphatic carbocycles. The maximum absolute atomic E-state index is 11.9. The Morgan fingerprint density at radius 1 is 1.09 bits per heavy atom. The Morgan fingerprint density at radius 2 is 1.50 bits per heavy atom. The minimum atomic E-state index is -1.53. The SMILES string of the molecule is C=CC(=O)OC(C)C(CCCC)(C(=O)O)C(C)OC(=O)C=C. The van der Waals surface area contributed by atoms with E-state index in [9.17, 15) is 19.5 Å². The van der Waals surface area contributed by atoms with E-state index in [1.165, 1.54) is 13.8 Å². The first kappa shape index (κ1) is 19.9. The highest BCUT2D eigenvalue weighted by atomic mass is 16.6. The van der Waals surface area contributed by atoms with Crippen molar-refractivity contribution in [3.8, 4) is 0 Å². The molecule has 0 aromatic rings. The van der Waals surface area contributed by atoms with Gasteiger partial charge in [-0.1, -0.05) is 32.9 Å². The number of carboxylic acids is 1. The predicted octanol–water partition coefficient (Wildman–Crippen LogP) is 2.48. The van der Waals surface area contributed by atoms with E-state index in [0.29, 0.717) is 6.42 Å². The van der Waals surface area contributed by atoms with E-state index in [-0.39, 0.29) is 6.42 Å². The third-order valence-corrected chi connectivity index (χ3v) is 3.71. The molecule has 6 nitrogen and oxygen atoms in total. The van der Waals surface area contributed by atoms with E-state index in [4.69, 9.17) is 9.47 Å². The van der Waals surface area contributed by atoms with Crippen LogP contribution < -0.4 is 0 Å². The third kappa shape index (κ3) is 4.72. The fourth-order valence-electron chi connectivity index (χ4n) is 2.32. The summed E-state index contributed by atoms with van der Waals surface area (Å²) in [6.07, 6.45) is 1.48. The number of hydrogen-bond donors (Lipinski definition) is 1. The zero-order valence-electron chi connectivity index (χ0n) is 13.3. The molecular formula is C16H24O6. The van der Waals surface area contributed by atoms with E-state index < -0.39 is 35.5 Å². The lowest BCUT2D eigenvalue weighted by atomic mass is 9.73. The first-order chi connectivity index (χ1) is 10.3. The molecular weight excluding hydrogens is 288 g/mol. The normalized spacial score (nSPS) is 15.8. The molecule has 0 aliphatic rings. The van der Waals surface area contributed by atoms with Gasteiger partial charge in [0.1, 0.15) is 17.6 Å². The highest BCUT2D eigenvalue weighted by Gasteiger charge is 2.51. The molecule has 0 saturated carbocycles. The lowest BCUT2D eigenvalue weighted by molar-refractivity contribution is -0.183. The Morgan fingerprint density at radius 3 is 1.77 bits per heavy atom. The summed E-state index contributed by atoms with van der Waals surface area (Å²) in [5.41, 5.74) is -1.53. The average Bonchev–Trinajstić information content (AvgIpc) is 2.47. The number of unbranched alkanes of at least 4 members (excludes halogenated alkanes) is 1. The van der Waals surface area contributed by atoms with Gasteiger partial charge in [0, 0.05) is 12.2 Å². The van der Waals surface area contributed by atoms with Crippen molar-refractivity contribution in [2.24, 2.45) is 5.41 Å². The summed E-state index contributed by atoms with van der Waals surface area (Å²) >= 11 is 0. The van der Waals surface area contributed by atoms with Crippen LogP contribution in [0.15, 0.2) is 25.3 Å². The molecule has 0 aliphatic heterocycles. The number of hydrogen-bond acceptors (Lipinski definition) is 5. The summed E-state index contributed by atoms with van der Waals surface area (Å²) in [4.78, 5) is 34.7. The van der Waals surface area contributed by atoms with Crippen molar-refractivity contribution in [2.75, 3.05) is 0 Å². The minimum Gasteiger partial charge on any atom is -0.481 e. The maximum Gasteiger partial charge on any atom is 0.330 e. The average molecular weight is 312 g/mol. The van der Waals surface area contributed by atoms with E-state index in [1.54, 1.807) is 0 Å². The van der Waals surface area contributed by atoms with Gasteiger partial charge in [0.15, 0.2) is 0 Å². The van der Waals surface area contributed by atoms with Crippen LogP contribution in [0.5, 0.6) is 0 Å². The molecule has 0 bridgehead atoms. The molecule has 2 atom stereocenters. The minimum absolute atomic E-state index is 0.204. The number of aliphatic carboxylic acids is 1. The molecule has 2 unspecified atom stereocenters. The highest BCUT2D eigenvalue weighted by molar-refractivity contribution is 5.84. The van der Waals surface area contributed by atoms with Gasteiger partial charge in [-0.15, -0.1) is 0 Å². The summed E-state index contributed by atoms with van der Waals surface area (Å²) in [6, 6.07) is 0. The van der Waals surface area contributed by atoms with Gasteiger partial charge >= 0.3 is 17.9 Å². The van der Waals surface area contributed by atoms with Crippen LogP contribution in [0.25, 0.3) is 0 Å². The molecule has 0 spiro atoms. The van der Waals surface area contributed by atoms with Crippen molar-refractivity contribution in [2.45, 2.75) is 52.2 Å². The van der Waals surface area contributed by atoms with Crippen LogP contribution >= 0.6 is 0 Å².